The number of aryl methyl sites for hydroxylation is 1. The molecule has 0 radical (unpaired) electrons. The molecule has 406 valence electrons. The van der Waals surface area contributed by atoms with E-state index in [4.69, 9.17) is 7.76 Å². The molecule has 4 aromatic carbocycles. The van der Waals surface area contributed by atoms with Gasteiger partial charge in [0.2, 0.25) is 11.4 Å². The first-order chi connectivity index (χ1) is 36.0. The Kier molecular flexibility index (Phi) is 34.0. The van der Waals surface area contributed by atoms with E-state index in [1.807, 2.05) is 60.7 Å². The van der Waals surface area contributed by atoms with Crippen molar-refractivity contribution >= 4 is 19.5 Å². The van der Waals surface area contributed by atoms with Gasteiger partial charge < -0.3 is 5.53 Å². The second-order valence-electron chi connectivity index (χ2n) is 21.3. The summed E-state index contributed by atoms with van der Waals surface area (Å²) in [7, 11) is -1.23. The van der Waals surface area contributed by atoms with Crippen LogP contribution in [0.25, 0.3) is 16.9 Å². The maximum absolute atomic E-state index is 11.7. The Balaban J connectivity index is 0.000000567. The molecule has 0 spiro atoms. The van der Waals surface area contributed by atoms with Crippen molar-refractivity contribution in [1.29, 1.82) is 0 Å². The van der Waals surface area contributed by atoms with Gasteiger partial charge in [0.1, 0.15) is 0 Å². The summed E-state index contributed by atoms with van der Waals surface area (Å²) in [5.41, 5.74) is 22.3. The summed E-state index contributed by atoms with van der Waals surface area (Å²) in [6, 6.07) is 43.6. The van der Waals surface area contributed by atoms with Crippen molar-refractivity contribution in [3.05, 3.63) is 160 Å². The van der Waals surface area contributed by atoms with Crippen LogP contribution in [0, 0.1) is 0 Å². The summed E-state index contributed by atoms with van der Waals surface area (Å²) < 4.78 is 12.2. The number of benzene rings is 4. The van der Waals surface area contributed by atoms with E-state index >= 15 is 0 Å². The zero-order valence-corrected chi connectivity index (χ0v) is 49.0. The predicted molar refractivity (Wildman–Crippen MR) is 314 cm³/mol. The van der Waals surface area contributed by atoms with Gasteiger partial charge in [-0.25, -0.2) is 4.70 Å². The second kappa shape index (κ2) is 39.9. The van der Waals surface area contributed by atoms with Crippen LogP contribution in [0.3, 0.4) is 0 Å². The van der Waals surface area contributed by atoms with Gasteiger partial charge in [0.05, 0.1) is 8.07 Å². The van der Waals surface area contributed by atoms with Crippen molar-refractivity contribution in [3.8, 4) is 0 Å². The van der Waals surface area contributed by atoms with Gasteiger partial charge in [-0.15, -0.1) is 0 Å². The van der Waals surface area contributed by atoms with E-state index in [1.54, 1.807) is 0 Å². The number of unbranched alkanes of at least 4 members (excludes halogenated alkanes) is 24. The molecule has 0 saturated carbocycles. The summed E-state index contributed by atoms with van der Waals surface area (Å²) in [6.45, 7) is 12.9. The molecule has 1 aliphatic heterocycles. The minimum absolute atomic E-state index is 0.565. The van der Waals surface area contributed by atoms with Crippen LogP contribution in [-0.2, 0) is 48.5 Å². The fraction of sp³-hybridized carbons (Fsp3) is 0.582. The van der Waals surface area contributed by atoms with Crippen molar-refractivity contribution in [2.24, 2.45) is 0 Å². The SMILES string of the molecule is CCCCCCCCCCCCCCCCCCCCCCCCCC1=C(c2ccc(CCCCC)cc2)[N+](=[N-])C(c2ccc(C[Si](CC)(CC)CC)cc2)=C1.c1ccc(C[O][Ni][O]Cc2ccccc2)cc1. The third kappa shape index (κ3) is 25.8. The first-order valence-electron chi connectivity index (χ1n) is 30.0. The summed E-state index contributed by atoms with van der Waals surface area (Å²) in [5.74, 6) is 0. The van der Waals surface area contributed by atoms with Crippen molar-refractivity contribution in [3.63, 3.8) is 0 Å². The van der Waals surface area contributed by atoms with Crippen molar-refractivity contribution in [1.82, 2.24) is 0 Å². The molecule has 0 amide bonds. The molecule has 0 unspecified atom stereocenters. The average Bonchev–Trinajstić information content (AvgIpc) is 3.76. The van der Waals surface area contributed by atoms with Crippen molar-refractivity contribution in [2.45, 2.75) is 252 Å². The van der Waals surface area contributed by atoms with Crippen LogP contribution >= 0.6 is 0 Å². The first-order valence-corrected chi connectivity index (χ1v) is 33.6. The van der Waals surface area contributed by atoms with E-state index in [0.717, 1.165) is 61.6 Å². The Labute approximate surface area is 456 Å². The molecular weight excluding hydrogens is 952 g/mol. The standard InChI is InChI=1S/C53H88N2Si.2C7H7O.Ni/c1-6-11-13-14-15-16-17-18-19-20-21-22-23-24-25-26-27-28-29-30-31-32-34-36-51-45-52(49-41-39-48(40-42-49)46-56(8-3,9-4)10-5)55(54)53(51)50-43-37-47(38-44-50)35-33-12-7-2;2*8-6-7-4-2-1-3-5-7;/h37-45H,6-36,46H2,1-5H3;2*1-5H,6H2;/q;2*-1;+2. The fourth-order valence-corrected chi connectivity index (χ4v) is 14.3. The number of allylic oxidation sites excluding steroid dienone is 2. The van der Waals surface area contributed by atoms with Gasteiger partial charge in [-0.2, -0.15) is 0 Å². The molecule has 0 aliphatic carbocycles. The van der Waals surface area contributed by atoms with Crippen LogP contribution in [0.5, 0.6) is 0 Å². The molecule has 5 rings (SSSR count). The summed E-state index contributed by atoms with van der Waals surface area (Å²) >= 11 is 0.863. The van der Waals surface area contributed by atoms with Gasteiger partial charge in [-0.1, -0.05) is 237 Å². The Morgan fingerprint density at radius 1 is 0.397 bits per heavy atom. The van der Waals surface area contributed by atoms with E-state index in [-0.39, 0.29) is 0 Å². The summed E-state index contributed by atoms with van der Waals surface area (Å²) in [6.07, 6.45) is 40.8. The molecule has 6 heteroatoms. The topological polar surface area (TPSA) is 43.8 Å². The number of hydrogen-bond donors (Lipinski definition) is 0. The molecule has 0 bridgehead atoms. The van der Waals surface area contributed by atoms with E-state index in [2.05, 4.69) is 89.2 Å². The van der Waals surface area contributed by atoms with E-state index in [0.29, 0.717) is 13.2 Å². The van der Waals surface area contributed by atoms with Gasteiger partial charge in [0.15, 0.2) is 0 Å². The Morgan fingerprint density at radius 3 is 1.19 bits per heavy atom. The second-order valence-corrected chi connectivity index (χ2v) is 27.5. The molecule has 0 fully saturated rings. The quantitative estimate of drug-likeness (QED) is 0.0253. The molecule has 4 nitrogen and oxygen atoms in total. The predicted octanol–water partition coefficient (Wildman–Crippen LogP) is 21.5. The Morgan fingerprint density at radius 2 is 0.767 bits per heavy atom. The molecule has 4 aromatic rings. The van der Waals surface area contributed by atoms with E-state index in [9.17, 15) is 5.53 Å². The monoisotopic (exact) mass is 1050 g/mol. The van der Waals surface area contributed by atoms with Gasteiger partial charge >= 0.3 is 108 Å². The molecule has 0 aromatic heterocycles. The fourth-order valence-electron chi connectivity index (χ4n) is 10.4. The third-order valence-electron chi connectivity index (χ3n) is 15.7. The van der Waals surface area contributed by atoms with Crippen LogP contribution in [0.15, 0.2) is 121 Å². The normalized spacial score (nSPS) is 12.7. The zero-order valence-electron chi connectivity index (χ0n) is 47.0. The van der Waals surface area contributed by atoms with Gasteiger partial charge in [-0.05, 0) is 61.6 Å². The van der Waals surface area contributed by atoms with Gasteiger partial charge in [0.25, 0.3) is 0 Å². The van der Waals surface area contributed by atoms with Crippen LogP contribution < -0.4 is 0 Å². The summed E-state index contributed by atoms with van der Waals surface area (Å²) in [4.78, 5) is 0. The third-order valence-corrected chi connectivity index (χ3v) is 21.8. The van der Waals surface area contributed by atoms with E-state index in [1.165, 1.54) is 213 Å². The Hall–Kier alpha value is -3.41. The van der Waals surface area contributed by atoms with Gasteiger partial charge in [-0.3, -0.25) is 0 Å². The molecule has 0 atom stereocenters. The maximum atomic E-state index is 11.7. The number of hydrogen-bond acceptors (Lipinski definition) is 2. The van der Waals surface area contributed by atoms with Gasteiger partial charge in [0, 0.05) is 22.8 Å². The zero-order chi connectivity index (χ0) is 51.9. The van der Waals surface area contributed by atoms with E-state index < -0.39 is 8.07 Å². The van der Waals surface area contributed by atoms with Crippen LogP contribution in [0.1, 0.15) is 241 Å². The summed E-state index contributed by atoms with van der Waals surface area (Å²) in [5, 5.41) is 0. The minimum atomic E-state index is -1.23. The molecule has 1 aliphatic rings. The first kappa shape index (κ1) is 62.1. The Bertz CT molecular complexity index is 2000. The molecule has 1 heterocycles. The number of rotatable bonds is 41. The van der Waals surface area contributed by atoms with Crippen LogP contribution in [0.2, 0.25) is 18.1 Å². The number of nitrogens with zero attached hydrogens (tertiary/aromatic N) is 2. The molecule has 73 heavy (non-hydrogen) atoms. The van der Waals surface area contributed by atoms with Crippen molar-refractivity contribution < 1.29 is 27.5 Å². The van der Waals surface area contributed by atoms with Crippen molar-refractivity contribution in [2.75, 3.05) is 0 Å². The molecule has 0 N–H and O–H groups in total. The molecular formula is C67H102N2NiO2Si. The molecule has 0 saturated heterocycles. The van der Waals surface area contributed by atoms with Crippen LogP contribution in [0.4, 0.5) is 0 Å². The van der Waals surface area contributed by atoms with Crippen LogP contribution in [-0.4, -0.2) is 12.8 Å². The average molecular weight is 1050 g/mol.